The van der Waals surface area contributed by atoms with E-state index in [1.807, 2.05) is 13.8 Å². The van der Waals surface area contributed by atoms with E-state index in [-0.39, 0.29) is 32.0 Å². The molecular weight excluding hydrogens is 360 g/mol. The standard InChI is InChI=1S/C12H22O6.C6H14O3/c1-2-16-7-8-17-9-10-18-12(15)6-4-3-5-11(13)14;1-2-8-5-6-9-4-3-7/h2-10H2,1H3,(H,13,14);7H,2-6H2,1H3. The number of unbranched alkanes of at least 4 members (excludes halogenated alkanes) is 1. The van der Waals surface area contributed by atoms with Gasteiger partial charge in [-0.2, -0.15) is 0 Å². The topological polar surface area (TPSA) is 121 Å². The highest BCUT2D eigenvalue weighted by atomic mass is 16.6. The van der Waals surface area contributed by atoms with Crippen LogP contribution in [0.25, 0.3) is 0 Å². The highest BCUT2D eigenvalue weighted by Crippen LogP contribution is 2.01. The summed E-state index contributed by atoms with van der Waals surface area (Å²) in [5.41, 5.74) is 0. The van der Waals surface area contributed by atoms with E-state index < -0.39 is 5.97 Å². The molecule has 0 aromatic carbocycles. The molecule has 9 nitrogen and oxygen atoms in total. The van der Waals surface area contributed by atoms with E-state index >= 15 is 0 Å². The summed E-state index contributed by atoms with van der Waals surface area (Å²) >= 11 is 0. The van der Waals surface area contributed by atoms with Crippen LogP contribution in [0.1, 0.15) is 39.5 Å². The number of carboxylic acid groups (broad SMARTS) is 1. The van der Waals surface area contributed by atoms with Gasteiger partial charge in [-0.3, -0.25) is 9.59 Å². The van der Waals surface area contributed by atoms with Gasteiger partial charge in [0.1, 0.15) is 6.61 Å². The lowest BCUT2D eigenvalue weighted by Gasteiger charge is -2.06. The van der Waals surface area contributed by atoms with Crippen LogP contribution in [0, 0.1) is 0 Å². The molecule has 0 radical (unpaired) electrons. The molecule has 27 heavy (non-hydrogen) atoms. The average Bonchev–Trinajstić information content (AvgIpc) is 2.65. The molecule has 0 aliphatic heterocycles. The number of aliphatic hydroxyl groups excluding tert-OH is 1. The van der Waals surface area contributed by atoms with E-state index in [4.69, 9.17) is 33.9 Å². The van der Waals surface area contributed by atoms with Crippen molar-refractivity contribution in [2.45, 2.75) is 39.5 Å². The van der Waals surface area contributed by atoms with Crippen LogP contribution in [-0.4, -0.2) is 88.2 Å². The van der Waals surface area contributed by atoms with Crippen molar-refractivity contribution in [2.75, 3.05) is 66.1 Å². The molecule has 0 atom stereocenters. The summed E-state index contributed by atoms with van der Waals surface area (Å²) in [6, 6.07) is 0. The second kappa shape index (κ2) is 24.7. The van der Waals surface area contributed by atoms with Crippen LogP contribution in [0.5, 0.6) is 0 Å². The van der Waals surface area contributed by atoms with E-state index in [1.54, 1.807) is 0 Å². The molecule has 0 amide bonds. The maximum absolute atomic E-state index is 11.2. The van der Waals surface area contributed by atoms with Gasteiger partial charge in [-0.25, -0.2) is 0 Å². The average molecular weight is 396 g/mol. The fourth-order valence-electron chi connectivity index (χ4n) is 1.63. The number of aliphatic carboxylic acids is 1. The third kappa shape index (κ3) is 29.7. The number of carbonyl (C=O) groups excluding carboxylic acids is 1. The molecular formula is C18H36O9. The molecule has 0 unspecified atom stereocenters. The number of hydrogen-bond acceptors (Lipinski definition) is 8. The molecule has 0 aliphatic carbocycles. The Hall–Kier alpha value is -1.26. The molecule has 0 saturated carbocycles. The van der Waals surface area contributed by atoms with Crippen molar-refractivity contribution >= 4 is 11.9 Å². The second-order valence-corrected chi connectivity index (χ2v) is 5.16. The van der Waals surface area contributed by atoms with Gasteiger partial charge in [0.05, 0.1) is 46.2 Å². The lowest BCUT2D eigenvalue weighted by molar-refractivity contribution is -0.146. The summed E-state index contributed by atoms with van der Waals surface area (Å²) in [6.07, 6.45) is 1.38. The van der Waals surface area contributed by atoms with Gasteiger partial charge in [-0.05, 0) is 26.7 Å². The molecule has 0 fully saturated rings. The summed E-state index contributed by atoms with van der Waals surface area (Å²) < 4.78 is 25.0. The first-order valence-corrected chi connectivity index (χ1v) is 9.37. The second-order valence-electron chi connectivity index (χ2n) is 5.16. The molecule has 0 rings (SSSR count). The smallest absolute Gasteiger partial charge is 0.305 e. The lowest BCUT2D eigenvalue weighted by Crippen LogP contribution is -2.12. The number of hydrogen-bond donors (Lipinski definition) is 2. The summed E-state index contributed by atoms with van der Waals surface area (Å²) in [5, 5.41) is 16.7. The zero-order valence-electron chi connectivity index (χ0n) is 16.7. The molecule has 0 aliphatic rings. The van der Waals surface area contributed by atoms with Crippen molar-refractivity contribution in [1.82, 2.24) is 0 Å². The number of aliphatic hydroxyl groups is 1. The Bertz CT molecular complexity index is 318. The highest BCUT2D eigenvalue weighted by Gasteiger charge is 2.03. The first-order valence-electron chi connectivity index (χ1n) is 9.37. The zero-order chi connectivity index (χ0) is 20.6. The van der Waals surface area contributed by atoms with Crippen molar-refractivity contribution in [3.05, 3.63) is 0 Å². The summed E-state index contributed by atoms with van der Waals surface area (Å²) in [6.45, 7) is 8.54. The van der Waals surface area contributed by atoms with Crippen LogP contribution < -0.4 is 0 Å². The van der Waals surface area contributed by atoms with Crippen molar-refractivity contribution in [1.29, 1.82) is 0 Å². The van der Waals surface area contributed by atoms with E-state index in [0.29, 0.717) is 59.1 Å². The molecule has 0 aromatic rings. The summed E-state index contributed by atoms with van der Waals surface area (Å²) in [5.74, 6) is -1.15. The molecule has 0 spiro atoms. The first kappa shape index (κ1) is 28.0. The Morgan fingerprint density at radius 2 is 1.19 bits per heavy atom. The van der Waals surface area contributed by atoms with Crippen molar-refractivity contribution in [2.24, 2.45) is 0 Å². The predicted octanol–water partition coefficient (Wildman–Crippen LogP) is 1.26. The number of rotatable bonds is 18. The quantitative estimate of drug-likeness (QED) is 0.260. The summed E-state index contributed by atoms with van der Waals surface area (Å²) in [4.78, 5) is 21.4. The third-order valence-electron chi connectivity index (χ3n) is 2.90. The Morgan fingerprint density at radius 3 is 1.70 bits per heavy atom. The van der Waals surface area contributed by atoms with Crippen LogP contribution in [-0.2, 0) is 33.3 Å². The maximum atomic E-state index is 11.2. The van der Waals surface area contributed by atoms with Crippen molar-refractivity contribution in [3.8, 4) is 0 Å². The van der Waals surface area contributed by atoms with E-state index in [9.17, 15) is 9.59 Å². The molecule has 162 valence electrons. The minimum absolute atomic E-state index is 0.0894. The number of esters is 1. The van der Waals surface area contributed by atoms with Gasteiger partial charge >= 0.3 is 11.9 Å². The van der Waals surface area contributed by atoms with Gasteiger partial charge in [0.15, 0.2) is 0 Å². The fraction of sp³-hybridized carbons (Fsp3) is 0.889. The SMILES string of the molecule is CCOCCOCCO.CCOCCOCCOC(=O)CCCCC(=O)O. The highest BCUT2D eigenvalue weighted by molar-refractivity contribution is 5.69. The fourth-order valence-corrected chi connectivity index (χ4v) is 1.63. The van der Waals surface area contributed by atoms with Gasteiger partial charge in [0, 0.05) is 26.1 Å². The first-order chi connectivity index (χ1) is 13.1. The molecule has 0 aromatic heterocycles. The van der Waals surface area contributed by atoms with E-state index in [0.717, 1.165) is 6.61 Å². The lowest BCUT2D eigenvalue weighted by atomic mass is 10.2. The van der Waals surface area contributed by atoms with Crippen LogP contribution in [0.3, 0.4) is 0 Å². The van der Waals surface area contributed by atoms with Gasteiger partial charge < -0.3 is 33.9 Å². The zero-order valence-corrected chi connectivity index (χ0v) is 16.7. The Kier molecular flexibility index (Phi) is 25.6. The third-order valence-corrected chi connectivity index (χ3v) is 2.90. The van der Waals surface area contributed by atoms with Gasteiger partial charge in [0.25, 0.3) is 0 Å². The monoisotopic (exact) mass is 396 g/mol. The largest absolute Gasteiger partial charge is 0.481 e. The Balaban J connectivity index is 0. The van der Waals surface area contributed by atoms with E-state index in [1.165, 1.54) is 0 Å². The van der Waals surface area contributed by atoms with Gasteiger partial charge in [0.2, 0.25) is 0 Å². The van der Waals surface area contributed by atoms with Crippen LogP contribution in [0.15, 0.2) is 0 Å². The number of carboxylic acids is 1. The molecule has 2 N–H and O–H groups in total. The van der Waals surface area contributed by atoms with Gasteiger partial charge in [-0.15, -0.1) is 0 Å². The van der Waals surface area contributed by atoms with Crippen LogP contribution in [0.2, 0.25) is 0 Å². The van der Waals surface area contributed by atoms with Gasteiger partial charge in [-0.1, -0.05) is 0 Å². The number of carbonyl (C=O) groups is 2. The van der Waals surface area contributed by atoms with Crippen LogP contribution >= 0.6 is 0 Å². The Labute approximate surface area is 161 Å². The summed E-state index contributed by atoms with van der Waals surface area (Å²) in [7, 11) is 0. The molecule has 0 heterocycles. The van der Waals surface area contributed by atoms with Crippen molar-refractivity contribution in [3.63, 3.8) is 0 Å². The predicted molar refractivity (Wildman–Crippen MR) is 98.8 cm³/mol. The van der Waals surface area contributed by atoms with E-state index in [2.05, 4.69) is 0 Å². The number of ether oxygens (including phenoxy) is 5. The molecule has 9 heteroatoms. The minimum Gasteiger partial charge on any atom is -0.481 e. The normalized spacial score (nSPS) is 10.2. The molecule has 0 bridgehead atoms. The maximum Gasteiger partial charge on any atom is 0.305 e. The minimum atomic E-state index is -0.842. The van der Waals surface area contributed by atoms with Crippen LogP contribution in [0.4, 0.5) is 0 Å². The molecule has 0 saturated heterocycles. The Morgan fingerprint density at radius 1 is 0.704 bits per heavy atom. The van der Waals surface area contributed by atoms with Crippen molar-refractivity contribution < 1.29 is 43.5 Å².